The van der Waals surface area contributed by atoms with Crippen LogP contribution in [0.4, 0.5) is 5.69 Å². The second-order valence-corrected chi connectivity index (χ2v) is 10.7. The van der Waals surface area contributed by atoms with E-state index in [1.807, 2.05) is 25.1 Å². The maximum Gasteiger partial charge on any atom is 0.354 e. The Morgan fingerprint density at radius 3 is 2.57 bits per heavy atom. The van der Waals surface area contributed by atoms with Crippen molar-refractivity contribution >= 4 is 46.1 Å². The third kappa shape index (κ3) is 3.85. The number of methoxy groups -OCH3 is 2. The Morgan fingerprint density at radius 2 is 1.92 bits per heavy atom. The molecule has 0 aliphatic carbocycles. The minimum absolute atomic E-state index is 0.0450. The van der Waals surface area contributed by atoms with E-state index in [9.17, 15) is 24.6 Å². The standard InChI is InChI=1S/C27H30N2O7S/c1-13-17(25(27(34)36-4)29-24(13)21(14(2)31)26(29)33)11-28-18-7-6-16(19(32)12-35-3)22-15(9-10-30)5-8-20(37-28)23(18)22/h5-8,13-14,21,24,30-31H,9-12H2,1-4H3/t13-,14+,21+,24?/m0/s1. The predicted molar refractivity (Wildman–Crippen MR) is 138 cm³/mol. The lowest BCUT2D eigenvalue weighted by atomic mass is 9.77. The zero-order chi connectivity index (χ0) is 26.6. The minimum atomic E-state index is -0.818. The number of benzene rings is 2. The van der Waals surface area contributed by atoms with Gasteiger partial charge in [-0.25, -0.2) is 4.79 Å². The number of aliphatic hydroxyl groups excluding tert-OH is 2. The summed E-state index contributed by atoms with van der Waals surface area (Å²) in [6, 6.07) is 7.31. The van der Waals surface area contributed by atoms with Gasteiger partial charge in [0, 0.05) is 35.5 Å². The molecule has 0 spiro atoms. The van der Waals surface area contributed by atoms with Crippen molar-refractivity contribution in [3.8, 4) is 0 Å². The highest BCUT2D eigenvalue weighted by molar-refractivity contribution is 8.01. The van der Waals surface area contributed by atoms with E-state index in [1.165, 1.54) is 31.1 Å². The number of rotatable bonds is 9. The van der Waals surface area contributed by atoms with Crippen molar-refractivity contribution in [2.75, 3.05) is 38.3 Å². The van der Waals surface area contributed by atoms with E-state index >= 15 is 0 Å². The number of amides is 1. The normalized spacial score (nSPS) is 23.0. The number of Topliss-reactive ketones (excluding diaryl/α,β-unsaturated/α-hetero) is 1. The van der Waals surface area contributed by atoms with E-state index in [2.05, 4.69) is 4.31 Å². The van der Waals surface area contributed by atoms with Crippen LogP contribution in [0.1, 0.15) is 29.8 Å². The molecular formula is C27H30N2O7S. The molecule has 1 saturated heterocycles. The highest BCUT2D eigenvalue weighted by Gasteiger charge is 2.60. The van der Waals surface area contributed by atoms with E-state index in [0.717, 1.165) is 32.5 Å². The van der Waals surface area contributed by atoms with E-state index in [-0.39, 0.29) is 42.6 Å². The largest absolute Gasteiger partial charge is 0.464 e. The molecule has 2 aromatic rings. The molecule has 5 rings (SSSR count). The monoisotopic (exact) mass is 526 g/mol. The Hall–Kier alpha value is -2.92. The average Bonchev–Trinajstić information content (AvgIpc) is 3.34. The number of ketones is 1. The molecule has 2 aromatic carbocycles. The number of ether oxygens (including phenoxy) is 2. The van der Waals surface area contributed by atoms with Crippen molar-refractivity contribution in [2.45, 2.75) is 37.3 Å². The van der Waals surface area contributed by atoms with Gasteiger partial charge < -0.3 is 28.9 Å². The molecule has 0 radical (unpaired) electrons. The molecule has 1 unspecified atom stereocenters. The van der Waals surface area contributed by atoms with Crippen LogP contribution in [0.2, 0.25) is 0 Å². The molecule has 0 bridgehead atoms. The lowest BCUT2D eigenvalue weighted by Crippen LogP contribution is -2.63. The number of carbonyl (C=O) groups excluding carboxylic acids is 3. The van der Waals surface area contributed by atoms with E-state index in [1.54, 1.807) is 13.0 Å². The predicted octanol–water partition coefficient (Wildman–Crippen LogP) is 2.32. The average molecular weight is 527 g/mol. The second-order valence-electron chi connectivity index (χ2n) is 9.68. The number of β-lactam (4-membered cyclic amide) rings is 1. The van der Waals surface area contributed by atoms with E-state index in [4.69, 9.17) is 9.47 Å². The summed E-state index contributed by atoms with van der Waals surface area (Å²) < 4.78 is 12.2. The first-order chi connectivity index (χ1) is 17.7. The topological polar surface area (TPSA) is 117 Å². The van der Waals surface area contributed by atoms with Gasteiger partial charge in [-0.3, -0.25) is 9.59 Å². The number of aliphatic hydroxyl groups is 2. The van der Waals surface area contributed by atoms with Crippen molar-refractivity contribution in [1.29, 1.82) is 0 Å². The third-order valence-corrected chi connectivity index (χ3v) is 8.71. The number of carbonyl (C=O) groups is 3. The summed E-state index contributed by atoms with van der Waals surface area (Å²) in [6.45, 7) is 3.84. The molecular weight excluding hydrogens is 496 g/mol. The SMILES string of the molecule is COCC(=O)c1ccc2c3c(ccc(CCO)c13)SN2CC1=C(C(=O)OC)N2C(=O)[C@H]([C@@H](C)O)C2[C@H]1C. The molecule has 3 heterocycles. The van der Waals surface area contributed by atoms with Crippen LogP contribution in [-0.2, 0) is 25.5 Å². The lowest BCUT2D eigenvalue weighted by Gasteiger charge is -2.46. The molecule has 9 nitrogen and oxygen atoms in total. The molecule has 0 aromatic heterocycles. The zero-order valence-corrected chi connectivity index (χ0v) is 22.0. The highest BCUT2D eigenvalue weighted by Crippen LogP contribution is 2.52. The number of esters is 1. The van der Waals surface area contributed by atoms with Crippen LogP contribution in [0.5, 0.6) is 0 Å². The van der Waals surface area contributed by atoms with Crippen LogP contribution in [-0.4, -0.2) is 78.9 Å². The van der Waals surface area contributed by atoms with Gasteiger partial charge in [-0.1, -0.05) is 13.0 Å². The summed E-state index contributed by atoms with van der Waals surface area (Å²) in [5, 5.41) is 21.6. The van der Waals surface area contributed by atoms with Gasteiger partial charge in [-0.15, -0.1) is 0 Å². The second kappa shape index (κ2) is 9.75. The Balaban J connectivity index is 1.58. The van der Waals surface area contributed by atoms with Crippen LogP contribution in [0.3, 0.4) is 0 Å². The number of hydrogen-bond acceptors (Lipinski definition) is 9. The molecule has 196 valence electrons. The molecule has 37 heavy (non-hydrogen) atoms. The summed E-state index contributed by atoms with van der Waals surface area (Å²) >= 11 is 1.51. The Bertz CT molecular complexity index is 1340. The van der Waals surface area contributed by atoms with Gasteiger partial charge in [-0.05, 0) is 60.0 Å². The number of hydrogen-bond donors (Lipinski definition) is 2. The van der Waals surface area contributed by atoms with Crippen LogP contribution in [0.25, 0.3) is 10.8 Å². The maximum atomic E-state index is 12.9. The summed E-state index contributed by atoms with van der Waals surface area (Å²) in [4.78, 5) is 41.0. The van der Waals surface area contributed by atoms with Crippen LogP contribution >= 0.6 is 11.9 Å². The van der Waals surface area contributed by atoms with Gasteiger partial charge in [0.25, 0.3) is 0 Å². The Morgan fingerprint density at radius 1 is 1.16 bits per heavy atom. The van der Waals surface area contributed by atoms with Crippen molar-refractivity contribution in [2.24, 2.45) is 11.8 Å². The number of nitrogens with zero attached hydrogens (tertiary/aromatic N) is 2. The summed E-state index contributed by atoms with van der Waals surface area (Å²) in [7, 11) is 2.78. The van der Waals surface area contributed by atoms with Gasteiger partial charge in [0.2, 0.25) is 5.91 Å². The first-order valence-electron chi connectivity index (χ1n) is 12.2. The third-order valence-electron chi connectivity index (χ3n) is 7.63. The molecule has 2 N–H and O–H groups in total. The smallest absolute Gasteiger partial charge is 0.354 e. The Kier molecular flexibility index (Phi) is 6.78. The maximum absolute atomic E-state index is 12.9. The van der Waals surface area contributed by atoms with Crippen molar-refractivity contribution in [3.05, 3.63) is 46.7 Å². The summed E-state index contributed by atoms with van der Waals surface area (Å²) in [5.74, 6) is -1.69. The van der Waals surface area contributed by atoms with Gasteiger partial charge in [0.1, 0.15) is 12.3 Å². The number of anilines is 1. The molecule has 4 atom stereocenters. The molecule has 0 saturated carbocycles. The first kappa shape index (κ1) is 25.7. The van der Waals surface area contributed by atoms with Crippen LogP contribution in [0.15, 0.2) is 40.4 Å². The van der Waals surface area contributed by atoms with Crippen molar-refractivity contribution < 1.29 is 34.1 Å². The fourth-order valence-corrected chi connectivity index (χ4v) is 7.07. The van der Waals surface area contributed by atoms with Gasteiger partial charge in [0.15, 0.2) is 5.78 Å². The highest BCUT2D eigenvalue weighted by atomic mass is 32.2. The number of fused-ring (bicyclic) bond motifs is 1. The Labute approximate surface area is 219 Å². The van der Waals surface area contributed by atoms with E-state index < -0.39 is 18.0 Å². The van der Waals surface area contributed by atoms with E-state index in [0.29, 0.717) is 18.5 Å². The summed E-state index contributed by atoms with van der Waals surface area (Å²) in [5.41, 5.74) is 3.34. The quantitative estimate of drug-likeness (QED) is 0.220. The van der Waals surface area contributed by atoms with Crippen LogP contribution < -0.4 is 4.31 Å². The lowest BCUT2D eigenvalue weighted by molar-refractivity contribution is -0.163. The molecule has 10 heteroatoms. The van der Waals surface area contributed by atoms with Crippen molar-refractivity contribution in [3.63, 3.8) is 0 Å². The summed E-state index contributed by atoms with van der Waals surface area (Å²) in [6.07, 6.45) is -0.409. The minimum Gasteiger partial charge on any atom is -0.464 e. The van der Waals surface area contributed by atoms with Crippen molar-refractivity contribution in [1.82, 2.24) is 4.90 Å². The fraction of sp³-hybridized carbons (Fsp3) is 0.444. The van der Waals surface area contributed by atoms with Gasteiger partial charge >= 0.3 is 5.97 Å². The van der Waals surface area contributed by atoms with Crippen LogP contribution in [0, 0.1) is 11.8 Å². The molecule has 3 aliphatic heterocycles. The van der Waals surface area contributed by atoms with Gasteiger partial charge in [-0.2, -0.15) is 0 Å². The van der Waals surface area contributed by atoms with Gasteiger partial charge in [0.05, 0.1) is 37.4 Å². The molecule has 3 aliphatic rings. The fourth-order valence-electron chi connectivity index (χ4n) is 5.95. The zero-order valence-electron chi connectivity index (χ0n) is 21.2. The first-order valence-corrected chi connectivity index (χ1v) is 13.0. The molecule has 1 amide bonds. The molecule has 1 fully saturated rings.